The van der Waals surface area contributed by atoms with Crippen molar-refractivity contribution in [2.75, 3.05) is 44.8 Å². The van der Waals surface area contributed by atoms with E-state index in [-0.39, 0.29) is 6.04 Å². The van der Waals surface area contributed by atoms with Crippen molar-refractivity contribution in [3.8, 4) is 0 Å². The minimum absolute atomic E-state index is 0.209. The molecule has 0 bridgehead atoms. The monoisotopic (exact) mass is 544 g/mol. The molecule has 5 rings (SSSR count). The number of para-hydroxylation sites is 2. The lowest BCUT2D eigenvalue weighted by Crippen LogP contribution is -2.46. The summed E-state index contributed by atoms with van der Waals surface area (Å²) in [7, 11) is 0. The van der Waals surface area contributed by atoms with Gasteiger partial charge in [0.15, 0.2) is 6.23 Å². The van der Waals surface area contributed by atoms with Crippen LogP contribution in [-0.4, -0.2) is 71.0 Å². The molecule has 2 aromatic heterocycles. The molecule has 2 unspecified atom stereocenters. The van der Waals surface area contributed by atoms with Crippen molar-refractivity contribution in [1.29, 1.82) is 0 Å². The third kappa shape index (κ3) is 6.31. The van der Waals surface area contributed by atoms with E-state index in [9.17, 15) is 0 Å². The van der Waals surface area contributed by atoms with Crippen LogP contribution >= 0.6 is 0 Å². The fourth-order valence-corrected chi connectivity index (χ4v) is 5.54. The number of piperidine rings is 1. The maximum absolute atomic E-state index is 6.64. The summed E-state index contributed by atoms with van der Waals surface area (Å²) in [4.78, 5) is 12.4. The molecule has 1 aliphatic rings. The standard InChI is InChI=1S/C32H44N6O2/c1-5-39-19-20-40-31(26-12-7-10-24-11-8-16-34-30(24)26)38-28-13-6-9-23(4)29(28)36-32(38)35-25-14-17-37(18-15-25)21-27(33)22(2)3/h6-13,16,22,25,27,31H,5,14-15,17-21,33H2,1-4H3,(H,35,36). The van der Waals surface area contributed by atoms with Crippen LogP contribution in [0.15, 0.2) is 54.7 Å². The molecule has 3 heterocycles. The van der Waals surface area contributed by atoms with Gasteiger partial charge in [0.05, 0.1) is 29.8 Å². The predicted octanol–water partition coefficient (Wildman–Crippen LogP) is 5.35. The Hall–Kier alpha value is -3.04. The molecule has 214 valence electrons. The lowest BCUT2D eigenvalue weighted by atomic mass is 10.0. The number of imidazole rings is 1. The summed E-state index contributed by atoms with van der Waals surface area (Å²) < 4.78 is 14.5. The molecule has 0 spiro atoms. The van der Waals surface area contributed by atoms with Crippen LogP contribution in [-0.2, 0) is 9.47 Å². The largest absolute Gasteiger partial charge is 0.379 e. The van der Waals surface area contributed by atoms with Crippen LogP contribution < -0.4 is 11.1 Å². The molecule has 8 heteroatoms. The van der Waals surface area contributed by atoms with E-state index in [4.69, 9.17) is 25.2 Å². The number of nitrogens with two attached hydrogens (primary N) is 1. The number of aromatic nitrogens is 3. The van der Waals surface area contributed by atoms with Crippen molar-refractivity contribution in [2.24, 2.45) is 11.7 Å². The molecule has 0 radical (unpaired) electrons. The number of anilines is 1. The van der Waals surface area contributed by atoms with Crippen molar-refractivity contribution in [3.63, 3.8) is 0 Å². The fraction of sp³-hybridized carbons (Fsp3) is 0.500. The maximum Gasteiger partial charge on any atom is 0.206 e. The van der Waals surface area contributed by atoms with Crippen LogP contribution in [0, 0.1) is 12.8 Å². The van der Waals surface area contributed by atoms with Gasteiger partial charge < -0.3 is 25.4 Å². The highest BCUT2D eigenvalue weighted by molar-refractivity contribution is 5.84. The molecule has 1 aliphatic heterocycles. The summed E-state index contributed by atoms with van der Waals surface area (Å²) in [5.41, 5.74) is 11.5. The van der Waals surface area contributed by atoms with E-state index < -0.39 is 6.23 Å². The van der Waals surface area contributed by atoms with Crippen molar-refractivity contribution < 1.29 is 9.47 Å². The highest BCUT2D eigenvalue weighted by Crippen LogP contribution is 2.34. The Morgan fingerprint density at radius 2 is 1.80 bits per heavy atom. The molecule has 0 saturated carbocycles. The Labute approximate surface area is 237 Å². The van der Waals surface area contributed by atoms with Gasteiger partial charge in [0.1, 0.15) is 0 Å². The van der Waals surface area contributed by atoms with Gasteiger partial charge in [-0.25, -0.2) is 4.98 Å². The number of hydrogen-bond acceptors (Lipinski definition) is 7. The SMILES string of the molecule is CCOCCOC(c1cccc2cccnc12)n1c(NC2CCN(CC(N)C(C)C)CC2)nc2c(C)cccc21. The number of benzene rings is 2. The molecule has 0 amide bonds. The Morgan fingerprint density at radius 1 is 1.02 bits per heavy atom. The smallest absolute Gasteiger partial charge is 0.206 e. The molecule has 1 saturated heterocycles. The molecular weight excluding hydrogens is 500 g/mol. The lowest BCUT2D eigenvalue weighted by molar-refractivity contribution is -0.00389. The second kappa shape index (κ2) is 13.1. The summed E-state index contributed by atoms with van der Waals surface area (Å²) in [6.07, 6.45) is 3.51. The Balaban J connectivity index is 1.49. The summed E-state index contributed by atoms with van der Waals surface area (Å²) in [5, 5.41) is 4.91. The number of nitrogens with one attached hydrogen (secondary N) is 1. The van der Waals surface area contributed by atoms with Gasteiger partial charge in [-0.1, -0.05) is 50.2 Å². The molecule has 3 N–H and O–H groups in total. The first-order valence-corrected chi connectivity index (χ1v) is 14.7. The van der Waals surface area contributed by atoms with Crippen LogP contribution in [0.1, 0.15) is 51.0 Å². The predicted molar refractivity (Wildman–Crippen MR) is 163 cm³/mol. The van der Waals surface area contributed by atoms with E-state index in [0.717, 1.165) is 71.5 Å². The molecule has 8 nitrogen and oxygen atoms in total. The molecule has 40 heavy (non-hydrogen) atoms. The number of rotatable bonds is 12. The first-order chi connectivity index (χ1) is 19.5. The number of nitrogens with zero attached hydrogens (tertiary/aromatic N) is 4. The van der Waals surface area contributed by atoms with Gasteiger partial charge in [-0.2, -0.15) is 0 Å². The molecule has 0 aliphatic carbocycles. The molecule has 4 aromatic rings. The van der Waals surface area contributed by atoms with Crippen molar-refractivity contribution in [1.82, 2.24) is 19.4 Å². The third-order valence-electron chi connectivity index (χ3n) is 8.04. The van der Waals surface area contributed by atoms with Crippen LogP contribution in [0.3, 0.4) is 0 Å². The summed E-state index contributed by atoms with van der Waals surface area (Å²) >= 11 is 0. The van der Waals surface area contributed by atoms with Crippen molar-refractivity contribution in [2.45, 2.75) is 58.8 Å². The Kier molecular flexibility index (Phi) is 9.32. The Morgan fingerprint density at radius 3 is 2.58 bits per heavy atom. The number of aryl methyl sites for hydroxylation is 1. The van der Waals surface area contributed by atoms with E-state index in [2.05, 4.69) is 78.0 Å². The fourth-order valence-electron chi connectivity index (χ4n) is 5.54. The van der Waals surface area contributed by atoms with Crippen LogP contribution in [0.5, 0.6) is 0 Å². The van der Waals surface area contributed by atoms with Gasteiger partial charge in [-0.05, 0) is 50.3 Å². The topological polar surface area (TPSA) is 90.5 Å². The summed E-state index contributed by atoms with van der Waals surface area (Å²) in [6.45, 7) is 13.2. The molecule has 1 fully saturated rings. The van der Waals surface area contributed by atoms with Gasteiger partial charge in [0.2, 0.25) is 5.95 Å². The lowest BCUT2D eigenvalue weighted by Gasteiger charge is -2.35. The first-order valence-electron chi connectivity index (χ1n) is 14.7. The number of likely N-dealkylation sites (tertiary alicyclic amines) is 1. The van der Waals surface area contributed by atoms with Gasteiger partial charge in [-0.15, -0.1) is 0 Å². The first kappa shape index (κ1) is 28.5. The average Bonchev–Trinajstić information content (AvgIpc) is 3.33. The van der Waals surface area contributed by atoms with E-state index in [1.165, 1.54) is 0 Å². The van der Waals surface area contributed by atoms with Gasteiger partial charge >= 0.3 is 0 Å². The zero-order chi connectivity index (χ0) is 28.1. The van der Waals surface area contributed by atoms with E-state index >= 15 is 0 Å². The zero-order valence-corrected chi connectivity index (χ0v) is 24.3. The van der Waals surface area contributed by atoms with E-state index in [1.54, 1.807) is 0 Å². The highest BCUT2D eigenvalue weighted by atomic mass is 16.5. The highest BCUT2D eigenvalue weighted by Gasteiger charge is 2.28. The van der Waals surface area contributed by atoms with E-state index in [0.29, 0.717) is 31.8 Å². The van der Waals surface area contributed by atoms with Crippen LogP contribution in [0.2, 0.25) is 0 Å². The second-order valence-corrected chi connectivity index (χ2v) is 11.2. The van der Waals surface area contributed by atoms with Gasteiger partial charge in [-0.3, -0.25) is 9.55 Å². The van der Waals surface area contributed by atoms with E-state index in [1.807, 2.05) is 19.2 Å². The zero-order valence-electron chi connectivity index (χ0n) is 24.3. The van der Waals surface area contributed by atoms with Crippen LogP contribution in [0.25, 0.3) is 21.9 Å². The summed E-state index contributed by atoms with van der Waals surface area (Å²) in [5.74, 6) is 1.32. The molecule has 2 aromatic carbocycles. The van der Waals surface area contributed by atoms with Gasteiger partial charge in [0.25, 0.3) is 0 Å². The number of hydrogen-bond donors (Lipinski definition) is 2. The van der Waals surface area contributed by atoms with Gasteiger partial charge in [0, 0.05) is 55.5 Å². The number of ether oxygens (including phenoxy) is 2. The second-order valence-electron chi connectivity index (χ2n) is 11.2. The average molecular weight is 545 g/mol. The minimum atomic E-state index is -0.419. The maximum atomic E-state index is 6.64. The molecule has 2 atom stereocenters. The quantitative estimate of drug-likeness (QED) is 0.232. The third-order valence-corrected chi connectivity index (χ3v) is 8.04. The van der Waals surface area contributed by atoms with Crippen molar-refractivity contribution >= 4 is 27.9 Å². The Bertz CT molecular complexity index is 1390. The summed E-state index contributed by atoms with van der Waals surface area (Å²) in [6, 6.07) is 17.2. The van der Waals surface area contributed by atoms with Crippen LogP contribution in [0.4, 0.5) is 5.95 Å². The van der Waals surface area contributed by atoms with Crippen molar-refractivity contribution in [3.05, 3.63) is 65.9 Å². The normalized spacial score (nSPS) is 16.6. The number of pyridine rings is 1. The minimum Gasteiger partial charge on any atom is -0.379 e. The number of fused-ring (bicyclic) bond motifs is 2. The molecular formula is C32H44N6O2.